The molecule has 0 unspecified atom stereocenters. The molecule has 0 heterocycles. The van der Waals surface area contributed by atoms with Gasteiger partial charge < -0.3 is 15.7 Å². The summed E-state index contributed by atoms with van der Waals surface area (Å²) in [6.45, 7) is 1.66. The average Bonchev–Trinajstić information content (AvgIpc) is 2.87. The van der Waals surface area contributed by atoms with Gasteiger partial charge in [0.2, 0.25) is 0 Å². The lowest BCUT2D eigenvalue weighted by molar-refractivity contribution is 0.401. The van der Waals surface area contributed by atoms with Gasteiger partial charge in [-0.15, -0.1) is 0 Å². The Bertz CT molecular complexity index is 423. The maximum Gasteiger partial charge on any atom is 0.119 e. The topological polar surface area (TPSA) is 49.5 Å². The first kappa shape index (κ1) is 14.4. The Balaban J connectivity index is 2.26. The van der Waals surface area contributed by atoms with Crippen LogP contribution in [-0.4, -0.2) is 37.2 Å². The third-order valence-corrected chi connectivity index (χ3v) is 4.43. The first-order valence-electron chi connectivity index (χ1n) is 7.24. The number of hydrogen-bond donors (Lipinski definition) is 2. The smallest absolute Gasteiger partial charge is 0.119 e. The van der Waals surface area contributed by atoms with E-state index in [2.05, 4.69) is 25.1 Å². The Kier molecular flexibility index (Phi) is 4.48. The molecule has 0 bridgehead atoms. The second-order valence-electron chi connectivity index (χ2n) is 6.10. The predicted octanol–water partition coefficient (Wildman–Crippen LogP) is 2.27. The van der Waals surface area contributed by atoms with Crippen molar-refractivity contribution in [1.29, 1.82) is 0 Å². The van der Waals surface area contributed by atoms with Crippen LogP contribution in [-0.2, 0) is 11.8 Å². The van der Waals surface area contributed by atoms with Crippen LogP contribution in [0.4, 0.5) is 0 Å². The second-order valence-corrected chi connectivity index (χ2v) is 6.10. The quantitative estimate of drug-likeness (QED) is 0.856. The van der Waals surface area contributed by atoms with Crippen LogP contribution in [0.2, 0.25) is 0 Å². The van der Waals surface area contributed by atoms with Crippen LogP contribution in [0, 0.1) is 0 Å². The van der Waals surface area contributed by atoms with E-state index in [1.807, 2.05) is 12.1 Å². The van der Waals surface area contributed by atoms with E-state index in [1.54, 1.807) is 0 Å². The fourth-order valence-corrected chi connectivity index (χ4v) is 3.15. The molecule has 19 heavy (non-hydrogen) atoms. The number of phenolic OH excluding ortho intramolecular Hbond substituents is 1. The van der Waals surface area contributed by atoms with Gasteiger partial charge in [-0.3, -0.25) is 0 Å². The molecule has 2 rings (SSSR count). The lowest BCUT2D eigenvalue weighted by Gasteiger charge is -2.29. The summed E-state index contributed by atoms with van der Waals surface area (Å²) in [5.74, 6) is 0.418. The normalized spacial score (nSPS) is 18.1. The number of nitrogens with zero attached hydrogens (tertiary/aromatic N) is 1. The minimum atomic E-state index is 0.0121. The first-order chi connectivity index (χ1) is 9.07. The largest absolute Gasteiger partial charge is 0.508 e. The van der Waals surface area contributed by atoms with Gasteiger partial charge in [0.25, 0.3) is 0 Å². The lowest BCUT2D eigenvalue weighted by atomic mass is 9.78. The summed E-state index contributed by atoms with van der Waals surface area (Å²) in [7, 11) is 4.17. The number of likely N-dealkylation sites (N-methyl/N-ethyl adjacent to an activating group) is 1. The van der Waals surface area contributed by atoms with Crippen molar-refractivity contribution in [3.05, 3.63) is 29.3 Å². The van der Waals surface area contributed by atoms with E-state index in [1.165, 1.54) is 18.4 Å². The fraction of sp³-hybridized carbons (Fsp3) is 0.625. The predicted molar refractivity (Wildman–Crippen MR) is 79.6 cm³/mol. The molecule has 106 valence electrons. The molecular formula is C16H26N2O. The van der Waals surface area contributed by atoms with Crippen molar-refractivity contribution >= 4 is 0 Å². The number of hydrogen-bond acceptors (Lipinski definition) is 3. The molecule has 3 heteroatoms. The van der Waals surface area contributed by atoms with Crippen LogP contribution in [0.15, 0.2) is 18.2 Å². The van der Waals surface area contributed by atoms with Gasteiger partial charge in [0.1, 0.15) is 5.75 Å². The summed E-state index contributed by atoms with van der Waals surface area (Å²) < 4.78 is 0. The van der Waals surface area contributed by atoms with Crippen LogP contribution < -0.4 is 5.73 Å². The van der Waals surface area contributed by atoms with Gasteiger partial charge in [-0.05, 0) is 45.0 Å². The summed E-state index contributed by atoms with van der Waals surface area (Å²) in [5, 5.41) is 10.2. The minimum absolute atomic E-state index is 0.0121. The number of nitrogens with two attached hydrogens (primary N) is 1. The Morgan fingerprint density at radius 3 is 2.53 bits per heavy atom. The van der Waals surface area contributed by atoms with E-state index < -0.39 is 0 Å². The van der Waals surface area contributed by atoms with Crippen LogP contribution in [0.1, 0.15) is 36.8 Å². The fourth-order valence-electron chi connectivity index (χ4n) is 3.15. The lowest BCUT2D eigenvalue weighted by Crippen LogP contribution is -2.32. The summed E-state index contributed by atoms with van der Waals surface area (Å²) in [4.78, 5) is 2.18. The monoisotopic (exact) mass is 262 g/mol. The molecule has 0 radical (unpaired) electrons. The molecule has 3 nitrogen and oxygen atoms in total. The van der Waals surface area contributed by atoms with Gasteiger partial charge in [-0.25, -0.2) is 0 Å². The van der Waals surface area contributed by atoms with Crippen molar-refractivity contribution in [1.82, 2.24) is 4.90 Å². The highest BCUT2D eigenvalue weighted by Gasteiger charge is 2.36. The molecule has 1 saturated carbocycles. The molecule has 1 aromatic carbocycles. The number of phenols is 1. The highest BCUT2D eigenvalue weighted by Crippen LogP contribution is 2.44. The Morgan fingerprint density at radius 1 is 1.26 bits per heavy atom. The van der Waals surface area contributed by atoms with Crippen LogP contribution in [0.5, 0.6) is 5.75 Å². The molecule has 1 aromatic rings. The second kappa shape index (κ2) is 5.93. The van der Waals surface area contributed by atoms with E-state index in [0.29, 0.717) is 12.3 Å². The molecule has 0 saturated heterocycles. The van der Waals surface area contributed by atoms with Crippen molar-refractivity contribution in [2.45, 2.75) is 37.5 Å². The van der Waals surface area contributed by atoms with Crippen molar-refractivity contribution in [2.75, 3.05) is 27.2 Å². The molecule has 0 spiro atoms. The van der Waals surface area contributed by atoms with Crippen molar-refractivity contribution in [3.8, 4) is 5.75 Å². The van der Waals surface area contributed by atoms with E-state index >= 15 is 0 Å². The maximum absolute atomic E-state index is 10.2. The highest BCUT2D eigenvalue weighted by molar-refractivity contribution is 5.42. The molecule has 0 atom stereocenters. The van der Waals surface area contributed by atoms with E-state index in [0.717, 1.165) is 31.4 Å². The Labute approximate surface area is 116 Å². The van der Waals surface area contributed by atoms with Crippen LogP contribution in [0.3, 0.4) is 0 Å². The number of benzene rings is 1. The molecular weight excluding hydrogens is 236 g/mol. The first-order valence-corrected chi connectivity index (χ1v) is 7.24. The zero-order valence-corrected chi connectivity index (χ0v) is 12.2. The minimum Gasteiger partial charge on any atom is -0.508 e. The molecule has 3 N–H and O–H groups in total. The molecule has 1 fully saturated rings. The Morgan fingerprint density at radius 2 is 1.95 bits per heavy atom. The molecule has 0 aliphatic heterocycles. The van der Waals surface area contributed by atoms with Gasteiger partial charge in [-0.1, -0.05) is 25.0 Å². The number of rotatable bonds is 5. The molecule has 1 aliphatic carbocycles. The van der Waals surface area contributed by atoms with Crippen molar-refractivity contribution < 1.29 is 5.11 Å². The number of aromatic hydroxyl groups is 1. The zero-order chi connectivity index (χ0) is 13.9. The summed E-state index contributed by atoms with van der Waals surface area (Å²) in [5.41, 5.74) is 8.40. The average molecular weight is 262 g/mol. The third-order valence-electron chi connectivity index (χ3n) is 4.43. The van der Waals surface area contributed by atoms with E-state index in [-0.39, 0.29) is 5.41 Å². The van der Waals surface area contributed by atoms with Crippen LogP contribution in [0.25, 0.3) is 0 Å². The SMILES string of the molecule is CN(C)CCc1ccc(O)c(C2(CN)CCCC2)c1. The van der Waals surface area contributed by atoms with Crippen molar-refractivity contribution in [2.24, 2.45) is 5.73 Å². The van der Waals surface area contributed by atoms with Crippen molar-refractivity contribution in [3.63, 3.8) is 0 Å². The summed E-state index contributed by atoms with van der Waals surface area (Å²) in [6.07, 6.45) is 5.67. The van der Waals surface area contributed by atoms with Gasteiger partial charge in [0.05, 0.1) is 0 Å². The maximum atomic E-state index is 10.2. The molecule has 1 aliphatic rings. The van der Waals surface area contributed by atoms with Gasteiger partial charge in [0.15, 0.2) is 0 Å². The van der Waals surface area contributed by atoms with Gasteiger partial charge in [-0.2, -0.15) is 0 Å². The van der Waals surface area contributed by atoms with Crippen LogP contribution >= 0.6 is 0 Å². The standard InChI is InChI=1S/C16H26N2O/c1-18(2)10-7-13-5-6-15(19)14(11-13)16(12-17)8-3-4-9-16/h5-6,11,19H,3-4,7-10,12,17H2,1-2H3. The molecule has 0 amide bonds. The van der Waals surface area contributed by atoms with Gasteiger partial charge in [0, 0.05) is 24.1 Å². The highest BCUT2D eigenvalue weighted by atomic mass is 16.3. The Hall–Kier alpha value is -1.06. The van der Waals surface area contributed by atoms with Gasteiger partial charge >= 0.3 is 0 Å². The van der Waals surface area contributed by atoms with E-state index in [9.17, 15) is 5.11 Å². The third kappa shape index (κ3) is 3.10. The zero-order valence-electron chi connectivity index (χ0n) is 12.2. The summed E-state index contributed by atoms with van der Waals surface area (Å²) in [6, 6.07) is 6.05. The summed E-state index contributed by atoms with van der Waals surface area (Å²) >= 11 is 0. The molecule has 0 aromatic heterocycles. The van der Waals surface area contributed by atoms with E-state index in [4.69, 9.17) is 5.73 Å².